The summed E-state index contributed by atoms with van der Waals surface area (Å²) in [6, 6.07) is 3.19. The predicted octanol–water partition coefficient (Wildman–Crippen LogP) is 3.03. The Balaban J connectivity index is 2.94. The van der Waals surface area contributed by atoms with Crippen molar-refractivity contribution in [2.75, 3.05) is 5.32 Å². The Morgan fingerprint density at radius 1 is 1.50 bits per heavy atom. The number of hydrogen-bond donors (Lipinski definition) is 2. The van der Waals surface area contributed by atoms with Gasteiger partial charge in [-0.2, -0.15) is 0 Å². The van der Waals surface area contributed by atoms with E-state index in [2.05, 4.69) is 26.2 Å². The quantitative estimate of drug-likeness (QED) is 0.649. The zero-order chi connectivity index (χ0) is 12.3. The van der Waals surface area contributed by atoms with Crippen LogP contribution < -0.4 is 11.1 Å². The van der Waals surface area contributed by atoms with Crippen LogP contribution in [0.15, 0.2) is 21.6 Å². The number of anilines is 1. The summed E-state index contributed by atoms with van der Waals surface area (Å²) in [5.41, 5.74) is 7.19. The Hall–Kier alpha value is -1.10. The Bertz CT molecular complexity index is 416. The van der Waals surface area contributed by atoms with Crippen molar-refractivity contribution < 1.29 is 4.39 Å². The lowest BCUT2D eigenvalue weighted by atomic mass is 10.2. The molecule has 0 aliphatic heterocycles. The molecule has 0 saturated heterocycles. The molecule has 0 atom stereocenters. The van der Waals surface area contributed by atoms with Crippen LogP contribution in [-0.4, -0.2) is 12.0 Å². The Labute approximate surface area is 103 Å². The van der Waals surface area contributed by atoms with Gasteiger partial charge in [-0.3, -0.25) is 4.99 Å². The molecule has 0 aliphatic carbocycles. The number of nitrogens with one attached hydrogen (secondary N) is 1. The molecule has 0 fully saturated rings. The van der Waals surface area contributed by atoms with Gasteiger partial charge in [0, 0.05) is 11.7 Å². The third-order valence-electron chi connectivity index (χ3n) is 1.93. The van der Waals surface area contributed by atoms with Crippen LogP contribution in [0.1, 0.15) is 19.4 Å². The molecule has 0 unspecified atom stereocenters. The standard InChI is InChI=1S/C11H15BrFN3/c1-6(2)15-11(14)16-10-5-9(13)8(12)4-7(10)3/h4-6H,1-3H3,(H3,14,15,16). The van der Waals surface area contributed by atoms with Gasteiger partial charge in [-0.25, -0.2) is 4.39 Å². The van der Waals surface area contributed by atoms with Gasteiger partial charge in [-0.1, -0.05) is 0 Å². The molecule has 0 spiro atoms. The summed E-state index contributed by atoms with van der Waals surface area (Å²) in [5, 5.41) is 2.88. The van der Waals surface area contributed by atoms with E-state index in [4.69, 9.17) is 5.73 Å². The summed E-state index contributed by atoms with van der Waals surface area (Å²) in [5.74, 6) is -0.0368. The molecule has 3 N–H and O–H groups in total. The molecule has 0 radical (unpaired) electrons. The number of hydrogen-bond acceptors (Lipinski definition) is 1. The van der Waals surface area contributed by atoms with Crippen LogP contribution in [0.5, 0.6) is 0 Å². The molecule has 0 heterocycles. The number of nitrogens with zero attached hydrogens (tertiary/aromatic N) is 1. The van der Waals surface area contributed by atoms with Gasteiger partial charge in [0.15, 0.2) is 5.96 Å². The molecule has 1 rings (SSSR count). The summed E-state index contributed by atoms with van der Waals surface area (Å²) in [6.07, 6.45) is 0. The van der Waals surface area contributed by atoms with Crippen molar-refractivity contribution in [1.82, 2.24) is 0 Å². The van der Waals surface area contributed by atoms with E-state index in [1.165, 1.54) is 6.07 Å². The average Bonchev–Trinajstić information content (AvgIpc) is 2.12. The lowest BCUT2D eigenvalue weighted by Crippen LogP contribution is -2.24. The van der Waals surface area contributed by atoms with Crippen LogP contribution >= 0.6 is 15.9 Å². The number of aliphatic imine (C=N–C) groups is 1. The SMILES string of the molecule is Cc1cc(Br)c(F)cc1NC(N)=NC(C)C. The number of benzene rings is 1. The fourth-order valence-electron chi connectivity index (χ4n) is 1.23. The van der Waals surface area contributed by atoms with Gasteiger partial charge < -0.3 is 11.1 Å². The minimum absolute atomic E-state index is 0.105. The first kappa shape index (κ1) is 13.0. The predicted molar refractivity (Wildman–Crippen MR) is 69.2 cm³/mol. The molecule has 0 aliphatic rings. The topological polar surface area (TPSA) is 50.4 Å². The lowest BCUT2D eigenvalue weighted by Gasteiger charge is -2.10. The second kappa shape index (κ2) is 5.30. The van der Waals surface area contributed by atoms with Crippen LogP contribution in [0.25, 0.3) is 0 Å². The van der Waals surface area contributed by atoms with E-state index in [0.29, 0.717) is 16.1 Å². The first-order valence-corrected chi connectivity index (χ1v) is 5.75. The maximum absolute atomic E-state index is 13.3. The third kappa shape index (κ3) is 3.48. The molecular weight excluding hydrogens is 273 g/mol. The van der Waals surface area contributed by atoms with Gasteiger partial charge in [0.05, 0.1) is 4.47 Å². The summed E-state index contributed by atoms with van der Waals surface area (Å²) in [4.78, 5) is 4.12. The monoisotopic (exact) mass is 287 g/mol. The van der Waals surface area contributed by atoms with Gasteiger partial charge >= 0.3 is 0 Å². The first-order valence-electron chi connectivity index (χ1n) is 4.96. The zero-order valence-electron chi connectivity index (χ0n) is 9.51. The van der Waals surface area contributed by atoms with Gasteiger partial charge in [-0.05, 0) is 54.4 Å². The second-order valence-electron chi connectivity index (χ2n) is 3.81. The van der Waals surface area contributed by atoms with Gasteiger partial charge in [-0.15, -0.1) is 0 Å². The van der Waals surface area contributed by atoms with Crippen LogP contribution in [-0.2, 0) is 0 Å². The molecule has 0 amide bonds. The van der Waals surface area contributed by atoms with E-state index >= 15 is 0 Å². The van der Waals surface area contributed by atoms with Gasteiger partial charge in [0.2, 0.25) is 0 Å². The second-order valence-corrected chi connectivity index (χ2v) is 4.67. The van der Waals surface area contributed by atoms with E-state index in [1.807, 2.05) is 20.8 Å². The minimum atomic E-state index is -0.328. The molecule has 1 aromatic carbocycles. The van der Waals surface area contributed by atoms with Crippen molar-refractivity contribution in [3.8, 4) is 0 Å². The Morgan fingerprint density at radius 3 is 2.69 bits per heavy atom. The third-order valence-corrected chi connectivity index (χ3v) is 2.54. The van der Waals surface area contributed by atoms with Crippen LogP contribution in [0.2, 0.25) is 0 Å². The van der Waals surface area contributed by atoms with Gasteiger partial charge in [0.1, 0.15) is 5.82 Å². The Kier molecular flexibility index (Phi) is 4.29. The van der Waals surface area contributed by atoms with Crippen molar-refractivity contribution in [3.63, 3.8) is 0 Å². The van der Waals surface area contributed by atoms with E-state index in [9.17, 15) is 4.39 Å². The molecule has 0 aromatic heterocycles. The maximum Gasteiger partial charge on any atom is 0.193 e. The molecule has 88 valence electrons. The minimum Gasteiger partial charge on any atom is -0.370 e. The number of halogens is 2. The van der Waals surface area contributed by atoms with Crippen LogP contribution in [0, 0.1) is 12.7 Å². The highest BCUT2D eigenvalue weighted by molar-refractivity contribution is 9.10. The highest BCUT2D eigenvalue weighted by Gasteiger charge is 2.06. The molecule has 16 heavy (non-hydrogen) atoms. The van der Waals surface area contributed by atoms with Gasteiger partial charge in [0.25, 0.3) is 0 Å². The van der Waals surface area contributed by atoms with Crippen molar-refractivity contribution in [3.05, 3.63) is 28.0 Å². The summed E-state index contributed by atoms with van der Waals surface area (Å²) in [7, 11) is 0. The molecule has 5 heteroatoms. The molecule has 3 nitrogen and oxygen atoms in total. The largest absolute Gasteiger partial charge is 0.370 e. The van der Waals surface area contributed by atoms with Crippen LogP contribution in [0.3, 0.4) is 0 Å². The smallest absolute Gasteiger partial charge is 0.193 e. The zero-order valence-corrected chi connectivity index (χ0v) is 11.1. The van der Waals surface area contributed by atoms with E-state index in [-0.39, 0.29) is 11.9 Å². The van der Waals surface area contributed by atoms with E-state index in [0.717, 1.165) is 5.56 Å². The number of guanidine groups is 1. The van der Waals surface area contributed by atoms with E-state index in [1.54, 1.807) is 6.07 Å². The highest BCUT2D eigenvalue weighted by atomic mass is 79.9. The lowest BCUT2D eigenvalue weighted by molar-refractivity contribution is 0.621. The normalized spacial score (nSPS) is 12.0. The fraction of sp³-hybridized carbons (Fsp3) is 0.364. The Morgan fingerprint density at radius 2 is 2.12 bits per heavy atom. The first-order chi connectivity index (χ1) is 7.40. The fourth-order valence-corrected chi connectivity index (χ4v) is 1.69. The number of nitrogens with two attached hydrogens (primary N) is 1. The van der Waals surface area contributed by atoms with Crippen molar-refractivity contribution in [1.29, 1.82) is 0 Å². The van der Waals surface area contributed by atoms with Crippen LogP contribution in [0.4, 0.5) is 10.1 Å². The van der Waals surface area contributed by atoms with E-state index < -0.39 is 0 Å². The molecular formula is C11H15BrFN3. The molecule has 0 saturated carbocycles. The number of rotatable bonds is 2. The summed E-state index contributed by atoms with van der Waals surface area (Å²) in [6.45, 7) is 5.71. The summed E-state index contributed by atoms with van der Waals surface area (Å²) >= 11 is 3.12. The summed E-state index contributed by atoms with van der Waals surface area (Å²) < 4.78 is 13.7. The average molecular weight is 288 g/mol. The van der Waals surface area contributed by atoms with Crippen molar-refractivity contribution >= 4 is 27.6 Å². The van der Waals surface area contributed by atoms with Crippen molar-refractivity contribution in [2.45, 2.75) is 26.8 Å². The molecule has 1 aromatic rings. The molecule has 0 bridgehead atoms. The van der Waals surface area contributed by atoms with Crippen molar-refractivity contribution in [2.24, 2.45) is 10.7 Å². The maximum atomic E-state index is 13.3. The number of aryl methyl sites for hydroxylation is 1. The highest BCUT2D eigenvalue weighted by Crippen LogP contribution is 2.23.